The molecule has 0 aliphatic heterocycles. The minimum atomic E-state index is 0.815. The Labute approximate surface area is 71.4 Å². The van der Waals surface area contributed by atoms with Gasteiger partial charge in [0.15, 0.2) is 0 Å². The zero-order chi connectivity index (χ0) is 8.10. The molecule has 1 rings (SSSR count). The van der Waals surface area contributed by atoms with E-state index < -0.39 is 0 Å². The molecule has 11 heavy (non-hydrogen) atoms. The molecular weight excluding hydrogens is 132 g/mol. The standard InChI is InChI=1S/C11H20/c1-3-10(4-2)11-8-6-5-7-9-11/h10-11H,1-9H2. The Morgan fingerprint density at radius 3 is 2.00 bits per heavy atom. The van der Waals surface area contributed by atoms with Crippen molar-refractivity contribution in [3.05, 3.63) is 13.8 Å². The Morgan fingerprint density at radius 2 is 1.55 bits per heavy atom. The van der Waals surface area contributed by atoms with E-state index in [9.17, 15) is 0 Å². The lowest BCUT2D eigenvalue weighted by Crippen LogP contribution is -2.16. The van der Waals surface area contributed by atoms with E-state index in [1.807, 2.05) is 0 Å². The van der Waals surface area contributed by atoms with Crippen LogP contribution in [0.15, 0.2) is 0 Å². The summed E-state index contributed by atoms with van der Waals surface area (Å²) in [5, 5.41) is 0. The van der Waals surface area contributed by atoms with E-state index in [1.165, 1.54) is 32.1 Å². The van der Waals surface area contributed by atoms with E-state index in [2.05, 4.69) is 13.8 Å². The van der Waals surface area contributed by atoms with Crippen LogP contribution in [0.1, 0.15) is 44.9 Å². The molecule has 0 aromatic rings. The molecule has 1 aliphatic carbocycles. The van der Waals surface area contributed by atoms with Gasteiger partial charge in [-0.2, -0.15) is 0 Å². The van der Waals surface area contributed by atoms with Gasteiger partial charge < -0.3 is 0 Å². The molecule has 0 amide bonds. The molecule has 0 spiro atoms. The van der Waals surface area contributed by atoms with Crippen molar-refractivity contribution >= 4 is 0 Å². The lowest BCUT2D eigenvalue weighted by molar-refractivity contribution is 0.249. The largest absolute Gasteiger partial charge is 0.0533 e. The zero-order valence-electron chi connectivity index (χ0n) is 7.52. The maximum atomic E-state index is 3.99. The molecule has 0 atom stereocenters. The van der Waals surface area contributed by atoms with Gasteiger partial charge >= 0.3 is 0 Å². The minimum absolute atomic E-state index is 0.815. The Bertz CT molecular complexity index is 86.2. The first-order chi connectivity index (χ1) is 5.38. The minimum Gasteiger partial charge on any atom is -0.0533 e. The molecule has 1 saturated carbocycles. The van der Waals surface area contributed by atoms with Crippen LogP contribution in [-0.2, 0) is 0 Å². The molecule has 0 heterocycles. The zero-order valence-corrected chi connectivity index (χ0v) is 7.52. The third kappa shape index (κ3) is 2.50. The highest BCUT2D eigenvalue weighted by Gasteiger charge is 2.20. The summed E-state index contributed by atoms with van der Waals surface area (Å²) in [6.45, 7) is 7.98. The van der Waals surface area contributed by atoms with Crippen LogP contribution in [0, 0.1) is 25.7 Å². The summed E-state index contributed by atoms with van der Waals surface area (Å²) in [7, 11) is 0. The molecule has 0 aromatic heterocycles. The van der Waals surface area contributed by atoms with Gasteiger partial charge in [0.2, 0.25) is 0 Å². The predicted octanol–water partition coefficient (Wildman–Crippen LogP) is 3.63. The Balaban J connectivity index is 2.30. The highest BCUT2D eigenvalue weighted by Crippen LogP contribution is 2.32. The van der Waals surface area contributed by atoms with Crippen LogP contribution >= 0.6 is 0 Å². The van der Waals surface area contributed by atoms with Crippen LogP contribution in [0.5, 0.6) is 0 Å². The maximum Gasteiger partial charge on any atom is -0.0386 e. The highest BCUT2D eigenvalue weighted by atomic mass is 14.3. The summed E-state index contributed by atoms with van der Waals surface area (Å²) in [4.78, 5) is 0. The maximum absolute atomic E-state index is 3.99. The highest BCUT2D eigenvalue weighted by molar-refractivity contribution is 4.75. The van der Waals surface area contributed by atoms with Crippen LogP contribution in [0.3, 0.4) is 0 Å². The SMILES string of the molecule is [CH2]CC(C[CH2])C1CCCCC1. The predicted molar refractivity (Wildman–Crippen MR) is 50.0 cm³/mol. The van der Waals surface area contributed by atoms with Gasteiger partial charge in [0.1, 0.15) is 0 Å². The third-order valence-electron chi connectivity index (χ3n) is 3.06. The van der Waals surface area contributed by atoms with E-state index in [1.54, 1.807) is 0 Å². The molecule has 0 saturated heterocycles. The van der Waals surface area contributed by atoms with Crippen LogP contribution < -0.4 is 0 Å². The molecule has 0 heteroatoms. The third-order valence-corrected chi connectivity index (χ3v) is 3.06. The van der Waals surface area contributed by atoms with Crippen molar-refractivity contribution < 1.29 is 0 Å². The summed E-state index contributed by atoms with van der Waals surface area (Å²) in [5.74, 6) is 1.77. The van der Waals surface area contributed by atoms with Crippen LogP contribution in [-0.4, -0.2) is 0 Å². The van der Waals surface area contributed by atoms with Crippen molar-refractivity contribution in [2.24, 2.45) is 11.8 Å². The summed E-state index contributed by atoms with van der Waals surface area (Å²) >= 11 is 0. The smallest absolute Gasteiger partial charge is 0.0386 e. The van der Waals surface area contributed by atoms with E-state index in [4.69, 9.17) is 0 Å². The number of hydrogen-bond acceptors (Lipinski definition) is 0. The van der Waals surface area contributed by atoms with E-state index >= 15 is 0 Å². The topological polar surface area (TPSA) is 0 Å². The second kappa shape index (κ2) is 4.79. The van der Waals surface area contributed by atoms with Crippen LogP contribution in [0.2, 0.25) is 0 Å². The van der Waals surface area contributed by atoms with Gasteiger partial charge in [-0.05, 0) is 11.8 Å². The molecular formula is C11H20. The summed E-state index contributed by atoms with van der Waals surface area (Å²) in [5.41, 5.74) is 0. The van der Waals surface area contributed by atoms with Crippen molar-refractivity contribution in [1.82, 2.24) is 0 Å². The molecule has 64 valence electrons. The fourth-order valence-electron chi connectivity index (χ4n) is 2.22. The normalized spacial score (nSPS) is 21.0. The summed E-state index contributed by atoms with van der Waals surface area (Å²) < 4.78 is 0. The molecule has 0 aromatic carbocycles. The molecule has 0 unspecified atom stereocenters. The summed E-state index contributed by atoms with van der Waals surface area (Å²) in [6, 6.07) is 0. The molecule has 2 radical (unpaired) electrons. The Morgan fingerprint density at radius 1 is 1.00 bits per heavy atom. The van der Waals surface area contributed by atoms with E-state index in [0.29, 0.717) is 0 Å². The van der Waals surface area contributed by atoms with E-state index in [-0.39, 0.29) is 0 Å². The summed E-state index contributed by atoms with van der Waals surface area (Å²) in [6.07, 6.45) is 9.41. The van der Waals surface area contributed by atoms with Gasteiger partial charge in [-0.15, -0.1) is 0 Å². The van der Waals surface area contributed by atoms with Crippen molar-refractivity contribution in [1.29, 1.82) is 0 Å². The quantitative estimate of drug-likeness (QED) is 0.579. The number of hydrogen-bond donors (Lipinski definition) is 0. The Kier molecular flexibility index (Phi) is 3.96. The Hall–Kier alpha value is 0. The van der Waals surface area contributed by atoms with Gasteiger partial charge in [-0.3, -0.25) is 0 Å². The van der Waals surface area contributed by atoms with Gasteiger partial charge in [-0.1, -0.05) is 58.8 Å². The first-order valence-electron chi connectivity index (χ1n) is 4.97. The first-order valence-corrected chi connectivity index (χ1v) is 4.97. The fraction of sp³-hybridized carbons (Fsp3) is 0.818. The van der Waals surface area contributed by atoms with Crippen LogP contribution in [0.25, 0.3) is 0 Å². The van der Waals surface area contributed by atoms with Crippen molar-refractivity contribution in [2.45, 2.75) is 44.9 Å². The molecule has 1 aliphatic rings. The van der Waals surface area contributed by atoms with Crippen LogP contribution in [0.4, 0.5) is 0 Å². The fourth-order valence-corrected chi connectivity index (χ4v) is 2.22. The monoisotopic (exact) mass is 152 g/mol. The lowest BCUT2D eigenvalue weighted by Gasteiger charge is -2.28. The van der Waals surface area contributed by atoms with Gasteiger partial charge in [0, 0.05) is 0 Å². The number of rotatable bonds is 3. The van der Waals surface area contributed by atoms with Crippen molar-refractivity contribution in [2.75, 3.05) is 0 Å². The van der Waals surface area contributed by atoms with Gasteiger partial charge in [0.25, 0.3) is 0 Å². The van der Waals surface area contributed by atoms with E-state index in [0.717, 1.165) is 24.7 Å². The van der Waals surface area contributed by atoms with Gasteiger partial charge in [0.05, 0.1) is 0 Å². The second-order valence-corrected chi connectivity index (χ2v) is 3.74. The molecule has 1 fully saturated rings. The molecule has 0 nitrogen and oxygen atoms in total. The average molecular weight is 152 g/mol. The molecule has 0 bridgehead atoms. The molecule has 0 N–H and O–H groups in total. The first kappa shape index (κ1) is 9.09. The van der Waals surface area contributed by atoms with Gasteiger partial charge in [-0.25, -0.2) is 0 Å². The van der Waals surface area contributed by atoms with Crippen molar-refractivity contribution in [3.8, 4) is 0 Å². The average Bonchev–Trinajstić information content (AvgIpc) is 2.09. The lowest BCUT2D eigenvalue weighted by atomic mass is 9.78. The van der Waals surface area contributed by atoms with Crippen molar-refractivity contribution in [3.63, 3.8) is 0 Å². The second-order valence-electron chi connectivity index (χ2n) is 3.74.